The van der Waals surface area contributed by atoms with Crippen LogP contribution in [0, 0.1) is 0 Å². The van der Waals surface area contributed by atoms with E-state index >= 15 is 0 Å². The smallest absolute Gasteiger partial charge is 0.337 e. The summed E-state index contributed by atoms with van der Waals surface area (Å²) in [5, 5.41) is 2.82. The van der Waals surface area contributed by atoms with Crippen LogP contribution in [0.1, 0.15) is 57.1 Å². The van der Waals surface area contributed by atoms with Gasteiger partial charge in [0.15, 0.2) is 0 Å². The third-order valence-electron chi connectivity index (χ3n) is 4.45. The molecule has 1 amide bonds. The number of rotatable bonds is 2. The predicted molar refractivity (Wildman–Crippen MR) is 83.2 cm³/mol. The van der Waals surface area contributed by atoms with E-state index in [4.69, 9.17) is 4.74 Å². The molecule has 0 bridgehead atoms. The molecule has 0 fully saturated rings. The first kappa shape index (κ1) is 14.8. The zero-order valence-corrected chi connectivity index (χ0v) is 13.4. The molecule has 2 aliphatic heterocycles. The fourth-order valence-electron chi connectivity index (χ4n) is 3.17. The second kappa shape index (κ2) is 4.97. The molecule has 1 N–H and O–H groups in total. The van der Waals surface area contributed by atoms with Crippen LogP contribution in [-0.4, -0.2) is 17.5 Å². The van der Waals surface area contributed by atoms with Crippen LogP contribution in [0.2, 0.25) is 0 Å². The van der Waals surface area contributed by atoms with Crippen molar-refractivity contribution in [2.75, 3.05) is 0 Å². The maximum Gasteiger partial charge on any atom is 0.337 e. The molecule has 2 aliphatic rings. The Kier molecular flexibility index (Phi) is 3.35. The molecule has 4 heteroatoms. The summed E-state index contributed by atoms with van der Waals surface area (Å²) in [5.74, 6) is -0.158. The van der Waals surface area contributed by atoms with Gasteiger partial charge in [-0.1, -0.05) is 38.1 Å². The van der Waals surface area contributed by atoms with Gasteiger partial charge in [0.1, 0.15) is 5.60 Å². The highest BCUT2D eigenvalue weighted by molar-refractivity contribution is 5.99. The first-order valence-electron chi connectivity index (χ1n) is 7.67. The molecule has 0 unspecified atom stereocenters. The second-order valence-electron chi connectivity index (χ2n) is 6.81. The SMILES string of the molecule is CC(C)c1ccc([C@H]2CC(=O)NC3=C2C(=O)OC3(C)C)cc1. The number of ether oxygens (including phenoxy) is 1. The lowest BCUT2D eigenvalue weighted by atomic mass is 9.82. The van der Waals surface area contributed by atoms with Crippen LogP contribution in [0.25, 0.3) is 0 Å². The summed E-state index contributed by atoms with van der Waals surface area (Å²) < 4.78 is 5.43. The van der Waals surface area contributed by atoms with E-state index in [1.165, 1.54) is 5.56 Å². The van der Waals surface area contributed by atoms with Gasteiger partial charge >= 0.3 is 5.97 Å². The van der Waals surface area contributed by atoms with Crippen LogP contribution in [0.15, 0.2) is 35.5 Å². The minimum absolute atomic E-state index is 0.0666. The van der Waals surface area contributed by atoms with Gasteiger partial charge in [-0.05, 0) is 30.9 Å². The Morgan fingerprint density at radius 1 is 1.18 bits per heavy atom. The number of carbonyl (C=O) groups is 2. The van der Waals surface area contributed by atoms with Crippen LogP contribution in [-0.2, 0) is 14.3 Å². The van der Waals surface area contributed by atoms with Crippen molar-refractivity contribution in [1.29, 1.82) is 0 Å². The number of esters is 1. The number of cyclic esters (lactones) is 1. The van der Waals surface area contributed by atoms with E-state index in [9.17, 15) is 9.59 Å². The fraction of sp³-hybridized carbons (Fsp3) is 0.444. The van der Waals surface area contributed by atoms with E-state index < -0.39 is 5.60 Å². The molecular formula is C18H21NO3. The van der Waals surface area contributed by atoms with Gasteiger partial charge in [0.25, 0.3) is 0 Å². The molecule has 1 aromatic carbocycles. The highest BCUT2D eigenvalue weighted by atomic mass is 16.6. The van der Waals surface area contributed by atoms with Crippen molar-refractivity contribution in [3.8, 4) is 0 Å². The van der Waals surface area contributed by atoms with Crippen molar-refractivity contribution in [3.05, 3.63) is 46.7 Å². The van der Waals surface area contributed by atoms with E-state index in [2.05, 4.69) is 31.3 Å². The quantitative estimate of drug-likeness (QED) is 0.854. The molecule has 0 saturated heterocycles. The molecule has 116 valence electrons. The van der Waals surface area contributed by atoms with Gasteiger partial charge in [0, 0.05) is 12.3 Å². The summed E-state index contributed by atoms with van der Waals surface area (Å²) in [6, 6.07) is 8.17. The number of benzene rings is 1. The molecule has 0 saturated carbocycles. The van der Waals surface area contributed by atoms with Crippen LogP contribution >= 0.6 is 0 Å². The summed E-state index contributed by atoms with van der Waals surface area (Å²) in [6.45, 7) is 7.89. The number of hydrogen-bond donors (Lipinski definition) is 1. The van der Waals surface area contributed by atoms with E-state index in [1.807, 2.05) is 12.1 Å². The molecule has 0 spiro atoms. The van der Waals surface area contributed by atoms with Gasteiger partial charge in [-0.3, -0.25) is 4.79 Å². The van der Waals surface area contributed by atoms with Gasteiger partial charge in [0.2, 0.25) is 5.91 Å². The lowest BCUT2D eigenvalue weighted by molar-refractivity contribution is -0.144. The maximum absolute atomic E-state index is 12.3. The summed E-state index contributed by atoms with van der Waals surface area (Å²) in [7, 11) is 0. The van der Waals surface area contributed by atoms with Gasteiger partial charge < -0.3 is 10.1 Å². The Labute approximate surface area is 130 Å². The van der Waals surface area contributed by atoms with Gasteiger partial charge in [-0.15, -0.1) is 0 Å². The maximum atomic E-state index is 12.3. The van der Waals surface area contributed by atoms with Crippen molar-refractivity contribution < 1.29 is 14.3 Å². The van der Waals surface area contributed by atoms with Crippen LogP contribution in [0.5, 0.6) is 0 Å². The zero-order chi connectivity index (χ0) is 16.1. The van der Waals surface area contributed by atoms with E-state index in [0.29, 0.717) is 17.2 Å². The second-order valence-corrected chi connectivity index (χ2v) is 6.81. The number of carbonyl (C=O) groups excluding carboxylic acids is 2. The first-order chi connectivity index (χ1) is 10.3. The molecule has 22 heavy (non-hydrogen) atoms. The minimum Gasteiger partial charge on any atom is -0.450 e. The highest BCUT2D eigenvalue weighted by Gasteiger charge is 2.47. The molecule has 1 atom stereocenters. The van der Waals surface area contributed by atoms with E-state index in [-0.39, 0.29) is 24.2 Å². The molecule has 4 nitrogen and oxygen atoms in total. The summed E-state index contributed by atoms with van der Waals surface area (Å²) in [5.41, 5.74) is 2.68. The largest absolute Gasteiger partial charge is 0.450 e. The molecule has 0 aliphatic carbocycles. The first-order valence-corrected chi connectivity index (χ1v) is 7.67. The molecule has 1 aromatic rings. The van der Waals surface area contributed by atoms with Crippen molar-refractivity contribution >= 4 is 11.9 Å². The molecule has 0 radical (unpaired) electrons. The predicted octanol–water partition coefficient (Wildman–Crippen LogP) is 3.00. The third-order valence-corrected chi connectivity index (χ3v) is 4.45. The number of nitrogens with one attached hydrogen (secondary N) is 1. The van der Waals surface area contributed by atoms with Crippen LogP contribution in [0.3, 0.4) is 0 Å². The van der Waals surface area contributed by atoms with Gasteiger partial charge in [-0.2, -0.15) is 0 Å². The summed E-state index contributed by atoms with van der Waals surface area (Å²) in [4.78, 5) is 24.3. The standard InChI is InChI=1S/C18H21NO3/c1-10(2)11-5-7-12(8-6-11)13-9-14(20)19-16-15(13)17(21)22-18(16,3)4/h5-8,10,13H,9H2,1-4H3,(H,19,20)/t13-/m1/s1. The van der Waals surface area contributed by atoms with Crippen LogP contribution in [0.4, 0.5) is 0 Å². The Morgan fingerprint density at radius 2 is 1.82 bits per heavy atom. The molecule has 3 rings (SSSR count). The molecular weight excluding hydrogens is 278 g/mol. The lowest BCUT2D eigenvalue weighted by Gasteiger charge is -2.27. The highest BCUT2D eigenvalue weighted by Crippen LogP contribution is 2.42. The van der Waals surface area contributed by atoms with Crippen LogP contribution < -0.4 is 5.32 Å². The van der Waals surface area contributed by atoms with E-state index in [1.54, 1.807) is 13.8 Å². The number of amides is 1. The Bertz CT molecular complexity index is 668. The van der Waals surface area contributed by atoms with E-state index in [0.717, 1.165) is 5.56 Å². The average Bonchev–Trinajstić information content (AvgIpc) is 2.68. The lowest BCUT2D eigenvalue weighted by Crippen LogP contribution is -2.38. The van der Waals surface area contributed by atoms with Crippen molar-refractivity contribution in [2.45, 2.75) is 51.6 Å². The Morgan fingerprint density at radius 3 is 2.41 bits per heavy atom. The monoisotopic (exact) mass is 299 g/mol. The molecule has 2 heterocycles. The molecule has 0 aromatic heterocycles. The summed E-state index contributed by atoms with van der Waals surface area (Å²) in [6.07, 6.45) is 0.283. The zero-order valence-electron chi connectivity index (χ0n) is 13.4. The normalized spacial score (nSPS) is 23.4. The van der Waals surface area contributed by atoms with Gasteiger partial charge in [0.05, 0.1) is 11.3 Å². The summed E-state index contributed by atoms with van der Waals surface area (Å²) >= 11 is 0. The topological polar surface area (TPSA) is 55.4 Å². The minimum atomic E-state index is -0.765. The average molecular weight is 299 g/mol. The Hall–Kier alpha value is -2.10. The third kappa shape index (κ3) is 2.32. The van der Waals surface area contributed by atoms with Crippen molar-refractivity contribution in [1.82, 2.24) is 5.32 Å². The van der Waals surface area contributed by atoms with Crippen molar-refractivity contribution in [2.24, 2.45) is 0 Å². The fourth-order valence-corrected chi connectivity index (χ4v) is 3.17. The Balaban J connectivity index is 2.04. The number of hydrogen-bond acceptors (Lipinski definition) is 3. The van der Waals surface area contributed by atoms with Crippen molar-refractivity contribution in [3.63, 3.8) is 0 Å². The van der Waals surface area contributed by atoms with Gasteiger partial charge in [-0.25, -0.2) is 4.79 Å².